The zero-order valence-electron chi connectivity index (χ0n) is 15.9. The standard InChI is InChI=1S/C21H22ClN3O3S/c22-16-12-15(7-8-17(16)25-10-2-6-19(25)26)23-20(27)14-4-1-9-24(13-14)21(28)18-5-3-11-29-18/h3,5,7-8,11-12,14H,1-2,4,6,9-10,13H2,(H,23,27). The summed E-state index contributed by atoms with van der Waals surface area (Å²) in [5.41, 5.74) is 1.27. The summed E-state index contributed by atoms with van der Waals surface area (Å²) in [6.45, 7) is 1.75. The second-order valence-corrected chi connectivity index (χ2v) is 8.73. The highest BCUT2D eigenvalue weighted by Gasteiger charge is 2.29. The highest BCUT2D eigenvalue weighted by atomic mass is 35.5. The highest BCUT2D eigenvalue weighted by molar-refractivity contribution is 7.12. The van der Waals surface area contributed by atoms with E-state index in [4.69, 9.17) is 11.6 Å². The molecule has 6 nitrogen and oxygen atoms in total. The van der Waals surface area contributed by atoms with Crippen LogP contribution in [0.4, 0.5) is 11.4 Å². The summed E-state index contributed by atoms with van der Waals surface area (Å²) >= 11 is 7.78. The molecule has 152 valence electrons. The number of nitrogens with zero attached hydrogens (tertiary/aromatic N) is 2. The van der Waals surface area contributed by atoms with Crippen molar-refractivity contribution in [1.29, 1.82) is 0 Å². The van der Waals surface area contributed by atoms with Crippen LogP contribution in [0, 0.1) is 5.92 Å². The quantitative estimate of drug-likeness (QED) is 0.794. The van der Waals surface area contributed by atoms with Crippen LogP contribution in [0.3, 0.4) is 0 Å². The fraction of sp³-hybridized carbons (Fsp3) is 0.381. The number of likely N-dealkylation sites (tertiary alicyclic amines) is 1. The normalized spacial score (nSPS) is 19.5. The number of nitrogens with one attached hydrogen (secondary N) is 1. The maximum absolute atomic E-state index is 12.8. The Bertz CT molecular complexity index is 931. The minimum Gasteiger partial charge on any atom is -0.337 e. The Hall–Kier alpha value is -2.38. The Morgan fingerprint density at radius 3 is 2.72 bits per heavy atom. The van der Waals surface area contributed by atoms with Gasteiger partial charge in [0.1, 0.15) is 0 Å². The predicted octanol–water partition coefficient (Wildman–Crippen LogP) is 4.02. The lowest BCUT2D eigenvalue weighted by Crippen LogP contribution is -2.43. The van der Waals surface area contributed by atoms with E-state index in [-0.39, 0.29) is 23.6 Å². The lowest BCUT2D eigenvalue weighted by Gasteiger charge is -2.31. The SMILES string of the molecule is O=C(Nc1ccc(N2CCCC2=O)c(Cl)c1)C1CCCN(C(=O)c2cccs2)C1. The van der Waals surface area contributed by atoms with Crippen LogP contribution >= 0.6 is 22.9 Å². The largest absolute Gasteiger partial charge is 0.337 e. The summed E-state index contributed by atoms with van der Waals surface area (Å²) in [5.74, 6) is -0.317. The molecule has 29 heavy (non-hydrogen) atoms. The van der Waals surface area contributed by atoms with Gasteiger partial charge in [-0.1, -0.05) is 17.7 Å². The Morgan fingerprint density at radius 2 is 2.03 bits per heavy atom. The molecule has 1 aromatic heterocycles. The number of rotatable bonds is 4. The number of carbonyl (C=O) groups is 3. The van der Waals surface area contributed by atoms with E-state index in [1.54, 1.807) is 28.0 Å². The second kappa shape index (κ2) is 8.55. The number of thiophene rings is 1. The average Bonchev–Trinajstić information content (AvgIpc) is 3.40. The summed E-state index contributed by atoms with van der Waals surface area (Å²) in [7, 11) is 0. The molecule has 3 heterocycles. The van der Waals surface area contributed by atoms with Crippen LogP contribution < -0.4 is 10.2 Å². The molecule has 2 aliphatic rings. The molecule has 4 rings (SSSR count). The van der Waals surface area contributed by atoms with E-state index in [2.05, 4.69) is 5.32 Å². The fourth-order valence-electron chi connectivity index (χ4n) is 3.88. The van der Waals surface area contributed by atoms with Gasteiger partial charge in [-0.05, 0) is 48.9 Å². The van der Waals surface area contributed by atoms with Gasteiger partial charge in [0, 0.05) is 31.7 Å². The summed E-state index contributed by atoms with van der Waals surface area (Å²) in [6, 6.07) is 8.88. The van der Waals surface area contributed by atoms with Gasteiger partial charge in [-0.25, -0.2) is 0 Å². The van der Waals surface area contributed by atoms with Gasteiger partial charge >= 0.3 is 0 Å². The smallest absolute Gasteiger partial charge is 0.263 e. The maximum Gasteiger partial charge on any atom is 0.263 e. The van der Waals surface area contributed by atoms with E-state index >= 15 is 0 Å². The van der Waals surface area contributed by atoms with Crippen molar-refractivity contribution in [2.24, 2.45) is 5.92 Å². The Labute approximate surface area is 178 Å². The minimum absolute atomic E-state index is 0.0137. The van der Waals surface area contributed by atoms with Crippen LogP contribution in [0.25, 0.3) is 0 Å². The molecule has 8 heteroatoms. The Balaban J connectivity index is 1.40. The molecule has 0 aliphatic carbocycles. The van der Waals surface area contributed by atoms with Crippen LogP contribution in [0.15, 0.2) is 35.7 Å². The van der Waals surface area contributed by atoms with Crippen molar-refractivity contribution in [1.82, 2.24) is 4.90 Å². The van der Waals surface area contributed by atoms with Crippen molar-refractivity contribution in [3.8, 4) is 0 Å². The van der Waals surface area contributed by atoms with E-state index in [1.165, 1.54) is 11.3 Å². The average molecular weight is 432 g/mol. The molecule has 0 saturated carbocycles. The van der Waals surface area contributed by atoms with Crippen molar-refractivity contribution in [2.75, 3.05) is 29.9 Å². The van der Waals surface area contributed by atoms with E-state index < -0.39 is 0 Å². The monoisotopic (exact) mass is 431 g/mol. The third-order valence-electron chi connectivity index (χ3n) is 5.39. The van der Waals surface area contributed by atoms with E-state index in [0.29, 0.717) is 47.3 Å². The molecule has 2 saturated heterocycles. The Kier molecular flexibility index (Phi) is 5.87. The lowest BCUT2D eigenvalue weighted by atomic mass is 9.97. The maximum atomic E-state index is 12.8. The molecule has 3 amide bonds. The van der Waals surface area contributed by atoms with Gasteiger partial charge < -0.3 is 15.1 Å². The number of anilines is 2. The van der Waals surface area contributed by atoms with Crippen LogP contribution in [-0.2, 0) is 9.59 Å². The number of benzene rings is 1. The van der Waals surface area contributed by atoms with Crippen molar-refractivity contribution >= 4 is 52.0 Å². The first-order valence-electron chi connectivity index (χ1n) is 9.76. The zero-order valence-corrected chi connectivity index (χ0v) is 17.5. The van der Waals surface area contributed by atoms with Crippen molar-refractivity contribution in [3.05, 3.63) is 45.6 Å². The van der Waals surface area contributed by atoms with E-state index in [0.717, 1.165) is 19.3 Å². The molecule has 2 aliphatic heterocycles. The van der Waals surface area contributed by atoms with Crippen molar-refractivity contribution in [2.45, 2.75) is 25.7 Å². The summed E-state index contributed by atoms with van der Waals surface area (Å²) < 4.78 is 0. The molecule has 2 aromatic rings. The Morgan fingerprint density at radius 1 is 1.17 bits per heavy atom. The molecule has 1 aromatic carbocycles. The second-order valence-electron chi connectivity index (χ2n) is 7.37. The van der Waals surface area contributed by atoms with Crippen LogP contribution in [0.2, 0.25) is 5.02 Å². The number of piperidine rings is 1. The topological polar surface area (TPSA) is 69.7 Å². The molecule has 1 atom stereocenters. The summed E-state index contributed by atoms with van der Waals surface area (Å²) in [4.78, 5) is 41.4. The minimum atomic E-state index is -0.258. The zero-order chi connectivity index (χ0) is 20.4. The predicted molar refractivity (Wildman–Crippen MR) is 115 cm³/mol. The van der Waals surface area contributed by atoms with Crippen LogP contribution in [0.5, 0.6) is 0 Å². The summed E-state index contributed by atoms with van der Waals surface area (Å²) in [5, 5.41) is 5.23. The van der Waals surface area contributed by atoms with Gasteiger partial charge in [0.15, 0.2) is 0 Å². The first-order valence-corrected chi connectivity index (χ1v) is 11.0. The third-order valence-corrected chi connectivity index (χ3v) is 6.55. The first kappa shape index (κ1) is 19.9. The highest BCUT2D eigenvalue weighted by Crippen LogP contribution is 2.32. The number of halogens is 1. The molecule has 1 unspecified atom stereocenters. The van der Waals surface area contributed by atoms with E-state index in [1.807, 2.05) is 17.5 Å². The van der Waals surface area contributed by atoms with E-state index in [9.17, 15) is 14.4 Å². The number of amides is 3. The molecule has 2 fully saturated rings. The molecular formula is C21H22ClN3O3S. The number of hydrogen-bond donors (Lipinski definition) is 1. The lowest BCUT2D eigenvalue weighted by molar-refractivity contribution is -0.121. The van der Waals surface area contributed by atoms with Gasteiger partial charge in [0.25, 0.3) is 5.91 Å². The molecule has 0 bridgehead atoms. The van der Waals surface area contributed by atoms with Gasteiger partial charge in [0.2, 0.25) is 11.8 Å². The summed E-state index contributed by atoms with van der Waals surface area (Å²) in [6.07, 6.45) is 2.91. The van der Waals surface area contributed by atoms with Gasteiger partial charge in [-0.3, -0.25) is 14.4 Å². The van der Waals surface area contributed by atoms with Crippen LogP contribution in [-0.4, -0.2) is 42.3 Å². The molecule has 1 N–H and O–H groups in total. The van der Waals surface area contributed by atoms with Crippen molar-refractivity contribution in [3.63, 3.8) is 0 Å². The first-order chi connectivity index (χ1) is 14.0. The van der Waals surface area contributed by atoms with Crippen LogP contribution in [0.1, 0.15) is 35.4 Å². The molecular weight excluding hydrogens is 410 g/mol. The fourth-order valence-corrected chi connectivity index (χ4v) is 4.86. The van der Waals surface area contributed by atoms with Gasteiger partial charge in [-0.15, -0.1) is 11.3 Å². The van der Waals surface area contributed by atoms with Gasteiger partial charge in [0.05, 0.1) is 21.5 Å². The van der Waals surface area contributed by atoms with Crippen molar-refractivity contribution < 1.29 is 14.4 Å². The van der Waals surface area contributed by atoms with Gasteiger partial charge in [-0.2, -0.15) is 0 Å². The number of carbonyl (C=O) groups excluding carboxylic acids is 3. The number of hydrogen-bond acceptors (Lipinski definition) is 4. The molecule has 0 radical (unpaired) electrons. The third kappa shape index (κ3) is 4.31. The molecule has 0 spiro atoms.